The first kappa shape index (κ1) is 8.99. The molecule has 5 nitrogen and oxygen atoms in total. The molecule has 0 atom stereocenters. The second kappa shape index (κ2) is 3.10. The Morgan fingerprint density at radius 2 is 2.08 bits per heavy atom. The molecule has 0 aliphatic heterocycles. The average molecular weight is 172 g/mol. The number of aliphatic hydroxyl groups is 1. The van der Waals surface area contributed by atoms with E-state index in [9.17, 15) is 14.7 Å². The molecule has 0 aromatic heterocycles. The molecule has 0 aromatic carbocycles. The van der Waals surface area contributed by atoms with Crippen molar-refractivity contribution in [2.75, 3.05) is 6.54 Å². The molecule has 0 spiro atoms. The van der Waals surface area contributed by atoms with Gasteiger partial charge in [0.1, 0.15) is 5.60 Å². The summed E-state index contributed by atoms with van der Waals surface area (Å²) >= 11 is 0. The van der Waals surface area contributed by atoms with E-state index in [0.717, 1.165) is 6.42 Å². The molecule has 1 aliphatic rings. The molecule has 1 fully saturated rings. The molecule has 68 valence electrons. The Labute approximate surface area is 69.9 Å². The van der Waals surface area contributed by atoms with E-state index in [1.54, 1.807) is 0 Å². The first-order valence-electron chi connectivity index (χ1n) is 3.83. The number of amides is 2. The zero-order chi connectivity index (χ0) is 9.19. The molecular weight excluding hydrogens is 160 g/mol. The van der Waals surface area contributed by atoms with Gasteiger partial charge in [0.15, 0.2) is 0 Å². The molecule has 12 heavy (non-hydrogen) atoms. The highest BCUT2D eigenvalue weighted by molar-refractivity contribution is 5.89. The summed E-state index contributed by atoms with van der Waals surface area (Å²) in [7, 11) is 0. The fraction of sp³-hybridized carbons (Fsp3) is 0.714. The maximum atomic E-state index is 11.1. The van der Waals surface area contributed by atoms with Crippen molar-refractivity contribution >= 4 is 11.8 Å². The quantitative estimate of drug-likeness (QED) is 0.484. The SMILES string of the molecule is NC(=O)CNC(=O)C1(O)CCC1. The second-order valence-corrected chi connectivity index (χ2v) is 3.03. The highest BCUT2D eigenvalue weighted by Gasteiger charge is 2.41. The Hall–Kier alpha value is -1.10. The van der Waals surface area contributed by atoms with Crippen LogP contribution in [0.25, 0.3) is 0 Å². The zero-order valence-corrected chi connectivity index (χ0v) is 6.67. The minimum Gasteiger partial charge on any atom is -0.380 e. The Balaban J connectivity index is 2.33. The summed E-state index contributed by atoms with van der Waals surface area (Å²) in [6.45, 7) is -0.207. The molecule has 0 bridgehead atoms. The van der Waals surface area contributed by atoms with Gasteiger partial charge in [-0.3, -0.25) is 9.59 Å². The molecule has 0 saturated heterocycles. The van der Waals surface area contributed by atoms with Crippen LogP contribution in [0.5, 0.6) is 0 Å². The Bertz CT molecular complexity index is 211. The highest BCUT2D eigenvalue weighted by atomic mass is 16.3. The van der Waals surface area contributed by atoms with Crippen molar-refractivity contribution in [2.24, 2.45) is 5.73 Å². The van der Waals surface area contributed by atoms with Crippen LogP contribution < -0.4 is 11.1 Å². The van der Waals surface area contributed by atoms with E-state index >= 15 is 0 Å². The summed E-state index contributed by atoms with van der Waals surface area (Å²) in [5.74, 6) is -1.10. The van der Waals surface area contributed by atoms with Crippen molar-refractivity contribution in [1.29, 1.82) is 0 Å². The third-order valence-corrected chi connectivity index (χ3v) is 2.03. The fourth-order valence-electron chi connectivity index (χ4n) is 1.07. The van der Waals surface area contributed by atoms with Gasteiger partial charge in [-0.05, 0) is 19.3 Å². The molecule has 0 unspecified atom stereocenters. The van der Waals surface area contributed by atoms with Crippen LogP contribution in [0.1, 0.15) is 19.3 Å². The minimum absolute atomic E-state index is 0.207. The van der Waals surface area contributed by atoms with Gasteiger partial charge in [0.25, 0.3) is 5.91 Å². The van der Waals surface area contributed by atoms with Crippen molar-refractivity contribution in [1.82, 2.24) is 5.32 Å². The van der Waals surface area contributed by atoms with E-state index in [2.05, 4.69) is 5.32 Å². The maximum absolute atomic E-state index is 11.1. The fourth-order valence-corrected chi connectivity index (χ4v) is 1.07. The van der Waals surface area contributed by atoms with E-state index in [1.165, 1.54) is 0 Å². The summed E-state index contributed by atoms with van der Waals surface area (Å²) < 4.78 is 0. The summed E-state index contributed by atoms with van der Waals surface area (Å²) in [5.41, 5.74) is 3.57. The third-order valence-electron chi connectivity index (χ3n) is 2.03. The molecule has 4 N–H and O–H groups in total. The van der Waals surface area contributed by atoms with Crippen LogP contribution in [0.2, 0.25) is 0 Å². The number of carbonyl (C=O) groups excluding carboxylic acids is 2. The molecule has 1 rings (SSSR count). The Morgan fingerprint density at radius 3 is 2.42 bits per heavy atom. The van der Waals surface area contributed by atoms with Crippen LogP contribution in [0.15, 0.2) is 0 Å². The van der Waals surface area contributed by atoms with Crippen molar-refractivity contribution in [3.8, 4) is 0 Å². The third kappa shape index (κ3) is 1.73. The molecular formula is C7H12N2O3. The van der Waals surface area contributed by atoms with Gasteiger partial charge in [-0.15, -0.1) is 0 Å². The van der Waals surface area contributed by atoms with Gasteiger partial charge in [-0.1, -0.05) is 0 Å². The van der Waals surface area contributed by atoms with E-state index in [4.69, 9.17) is 5.73 Å². The number of nitrogens with one attached hydrogen (secondary N) is 1. The summed E-state index contributed by atoms with van der Waals surface area (Å²) in [4.78, 5) is 21.3. The number of hydrogen-bond acceptors (Lipinski definition) is 3. The van der Waals surface area contributed by atoms with Gasteiger partial charge < -0.3 is 16.2 Å². The molecule has 0 radical (unpaired) electrons. The van der Waals surface area contributed by atoms with Crippen molar-refractivity contribution in [3.63, 3.8) is 0 Å². The van der Waals surface area contributed by atoms with Crippen molar-refractivity contribution in [2.45, 2.75) is 24.9 Å². The summed E-state index contributed by atoms with van der Waals surface area (Å²) in [6.07, 6.45) is 1.79. The molecule has 1 saturated carbocycles. The van der Waals surface area contributed by atoms with E-state index in [0.29, 0.717) is 12.8 Å². The maximum Gasteiger partial charge on any atom is 0.252 e. The Kier molecular flexibility index (Phi) is 2.32. The summed E-state index contributed by atoms with van der Waals surface area (Å²) in [6, 6.07) is 0. The lowest BCUT2D eigenvalue weighted by molar-refractivity contribution is -0.149. The number of hydrogen-bond donors (Lipinski definition) is 3. The van der Waals surface area contributed by atoms with Crippen LogP contribution in [0, 0.1) is 0 Å². The molecule has 2 amide bonds. The second-order valence-electron chi connectivity index (χ2n) is 3.03. The van der Waals surface area contributed by atoms with Crippen LogP contribution >= 0.6 is 0 Å². The van der Waals surface area contributed by atoms with Gasteiger partial charge in [-0.25, -0.2) is 0 Å². The standard InChI is InChI=1S/C7H12N2O3/c8-5(10)4-9-6(11)7(12)2-1-3-7/h12H,1-4H2,(H2,8,10)(H,9,11). The molecule has 5 heteroatoms. The largest absolute Gasteiger partial charge is 0.380 e. The predicted molar refractivity (Wildman–Crippen MR) is 41.0 cm³/mol. The number of rotatable bonds is 3. The zero-order valence-electron chi connectivity index (χ0n) is 6.67. The normalized spacial score (nSPS) is 19.4. The highest BCUT2D eigenvalue weighted by Crippen LogP contribution is 2.31. The van der Waals surface area contributed by atoms with Gasteiger partial charge in [-0.2, -0.15) is 0 Å². The number of nitrogens with two attached hydrogens (primary N) is 1. The van der Waals surface area contributed by atoms with Crippen molar-refractivity contribution < 1.29 is 14.7 Å². The lowest BCUT2D eigenvalue weighted by atomic mass is 9.79. The van der Waals surface area contributed by atoms with E-state index in [-0.39, 0.29) is 6.54 Å². The molecule has 1 aliphatic carbocycles. The summed E-state index contributed by atoms with van der Waals surface area (Å²) in [5, 5.41) is 11.7. The lowest BCUT2D eigenvalue weighted by Crippen LogP contribution is -2.53. The number of primary amides is 1. The van der Waals surface area contributed by atoms with E-state index < -0.39 is 17.4 Å². The van der Waals surface area contributed by atoms with Gasteiger partial charge >= 0.3 is 0 Å². The molecule has 0 aromatic rings. The first-order chi connectivity index (χ1) is 5.54. The monoisotopic (exact) mass is 172 g/mol. The lowest BCUT2D eigenvalue weighted by Gasteiger charge is -2.34. The minimum atomic E-state index is -1.24. The van der Waals surface area contributed by atoms with Crippen LogP contribution in [-0.4, -0.2) is 29.1 Å². The molecule has 0 heterocycles. The van der Waals surface area contributed by atoms with E-state index in [1.807, 2.05) is 0 Å². The Morgan fingerprint density at radius 1 is 1.50 bits per heavy atom. The van der Waals surface area contributed by atoms with Gasteiger partial charge in [0.2, 0.25) is 5.91 Å². The number of carbonyl (C=O) groups is 2. The smallest absolute Gasteiger partial charge is 0.252 e. The van der Waals surface area contributed by atoms with Gasteiger partial charge in [0, 0.05) is 0 Å². The average Bonchev–Trinajstić information content (AvgIpc) is 1.95. The topological polar surface area (TPSA) is 92.4 Å². The van der Waals surface area contributed by atoms with Crippen LogP contribution in [0.3, 0.4) is 0 Å². The van der Waals surface area contributed by atoms with Crippen molar-refractivity contribution in [3.05, 3.63) is 0 Å². The predicted octanol–water partition coefficient (Wildman–Crippen LogP) is -1.50. The van der Waals surface area contributed by atoms with Crippen LogP contribution in [0.4, 0.5) is 0 Å². The van der Waals surface area contributed by atoms with Crippen LogP contribution in [-0.2, 0) is 9.59 Å². The first-order valence-corrected chi connectivity index (χ1v) is 3.83. The van der Waals surface area contributed by atoms with Gasteiger partial charge in [0.05, 0.1) is 6.54 Å².